The summed E-state index contributed by atoms with van der Waals surface area (Å²) in [6, 6.07) is 9.78. The van der Waals surface area contributed by atoms with Crippen LogP contribution >= 0.6 is 0 Å². The zero-order chi connectivity index (χ0) is 11.4. The average molecular weight is 224 g/mol. The van der Waals surface area contributed by atoms with Crippen molar-refractivity contribution >= 4 is 0 Å². The van der Waals surface area contributed by atoms with Gasteiger partial charge in [0.05, 0.1) is 19.3 Å². The van der Waals surface area contributed by atoms with Gasteiger partial charge < -0.3 is 19.7 Å². The number of hydrogen-bond donors (Lipinski definition) is 2. The van der Waals surface area contributed by atoms with Crippen molar-refractivity contribution in [3.8, 4) is 0 Å². The molecule has 3 atom stereocenters. The van der Waals surface area contributed by atoms with Crippen molar-refractivity contribution in [2.75, 3.05) is 6.61 Å². The first-order valence-corrected chi connectivity index (χ1v) is 5.39. The number of benzene rings is 1. The van der Waals surface area contributed by atoms with Crippen LogP contribution in [0, 0.1) is 0 Å². The largest absolute Gasteiger partial charge is 0.394 e. The van der Waals surface area contributed by atoms with Crippen molar-refractivity contribution in [1.29, 1.82) is 0 Å². The molecular formula is C12H16O4. The summed E-state index contributed by atoms with van der Waals surface area (Å²) in [5.41, 5.74) is 1.07. The molecule has 1 aliphatic rings. The lowest BCUT2D eigenvalue weighted by Crippen LogP contribution is -2.27. The van der Waals surface area contributed by atoms with E-state index in [1.807, 2.05) is 30.3 Å². The Morgan fingerprint density at radius 1 is 1.31 bits per heavy atom. The maximum Gasteiger partial charge on any atom is 0.157 e. The molecular weight excluding hydrogens is 208 g/mol. The highest BCUT2D eigenvalue weighted by molar-refractivity contribution is 5.13. The molecule has 1 heterocycles. The maximum atomic E-state index is 9.28. The van der Waals surface area contributed by atoms with E-state index >= 15 is 0 Å². The molecule has 1 aliphatic heterocycles. The predicted octanol–water partition coefficient (Wildman–Crippen LogP) is 0.671. The Bertz CT molecular complexity index is 314. The zero-order valence-corrected chi connectivity index (χ0v) is 8.95. The highest BCUT2D eigenvalue weighted by Crippen LogP contribution is 2.22. The molecule has 0 aliphatic carbocycles. The number of hydrogen-bond acceptors (Lipinski definition) is 4. The molecule has 0 saturated carbocycles. The molecule has 4 nitrogen and oxygen atoms in total. The highest BCUT2D eigenvalue weighted by Gasteiger charge is 2.34. The SMILES string of the molecule is OC[C@@H]1OC(O)C[C@H]1OCc1ccccc1. The summed E-state index contributed by atoms with van der Waals surface area (Å²) in [6.45, 7) is 0.342. The summed E-state index contributed by atoms with van der Waals surface area (Å²) in [4.78, 5) is 0. The molecule has 0 radical (unpaired) electrons. The minimum Gasteiger partial charge on any atom is -0.394 e. The van der Waals surface area contributed by atoms with Crippen LogP contribution in [0.25, 0.3) is 0 Å². The molecule has 1 saturated heterocycles. The van der Waals surface area contributed by atoms with Crippen LogP contribution in [0.5, 0.6) is 0 Å². The van der Waals surface area contributed by atoms with E-state index in [4.69, 9.17) is 14.6 Å². The fraction of sp³-hybridized carbons (Fsp3) is 0.500. The van der Waals surface area contributed by atoms with Crippen molar-refractivity contribution in [1.82, 2.24) is 0 Å². The predicted molar refractivity (Wildman–Crippen MR) is 57.6 cm³/mol. The monoisotopic (exact) mass is 224 g/mol. The van der Waals surface area contributed by atoms with Crippen LogP contribution in [0.3, 0.4) is 0 Å². The van der Waals surface area contributed by atoms with Gasteiger partial charge in [0.1, 0.15) is 6.10 Å². The summed E-state index contributed by atoms with van der Waals surface area (Å²) in [6.07, 6.45) is -1.06. The van der Waals surface area contributed by atoms with Gasteiger partial charge >= 0.3 is 0 Å². The third-order valence-electron chi connectivity index (χ3n) is 2.67. The van der Waals surface area contributed by atoms with Gasteiger partial charge in [-0.25, -0.2) is 0 Å². The Labute approximate surface area is 94.4 Å². The first-order chi connectivity index (χ1) is 7.79. The molecule has 2 rings (SSSR count). The second kappa shape index (κ2) is 5.41. The topological polar surface area (TPSA) is 58.9 Å². The second-order valence-electron chi connectivity index (χ2n) is 3.88. The summed E-state index contributed by atoms with van der Waals surface area (Å²) < 4.78 is 10.7. The average Bonchev–Trinajstić information content (AvgIpc) is 2.68. The first-order valence-electron chi connectivity index (χ1n) is 5.39. The van der Waals surface area contributed by atoms with Gasteiger partial charge in [-0.2, -0.15) is 0 Å². The van der Waals surface area contributed by atoms with E-state index in [-0.39, 0.29) is 12.7 Å². The standard InChI is InChI=1S/C12H16O4/c13-7-11-10(6-12(14)16-11)15-8-9-4-2-1-3-5-9/h1-5,10-14H,6-8H2/t10-,11+,12?/m1/s1. The molecule has 1 unspecified atom stereocenters. The van der Waals surface area contributed by atoms with E-state index in [0.717, 1.165) is 5.56 Å². The molecule has 1 fully saturated rings. The van der Waals surface area contributed by atoms with Crippen LogP contribution in [-0.4, -0.2) is 35.3 Å². The Morgan fingerprint density at radius 3 is 2.75 bits per heavy atom. The van der Waals surface area contributed by atoms with Crippen molar-refractivity contribution in [3.05, 3.63) is 35.9 Å². The third kappa shape index (κ3) is 2.80. The van der Waals surface area contributed by atoms with Gasteiger partial charge in [-0.15, -0.1) is 0 Å². The van der Waals surface area contributed by atoms with Crippen LogP contribution in [0.15, 0.2) is 30.3 Å². The highest BCUT2D eigenvalue weighted by atomic mass is 16.6. The van der Waals surface area contributed by atoms with E-state index in [9.17, 15) is 5.11 Å². The summed E-state index contributed by atoms with van der Waals surface area (Å²) >= 11 is 0. The quantitative estimate of drug-likeness (QED) is 0.789. The number of rotatable bonds is 4. The molecule has 16 heavy (non-hydrogen) atoms. The Hall–Kier alpha value is -0.940. The maximum absolute atomic E-state index is 9.28. The number of ether oxygens (including phenoxy) is 2. The summed E-state index contributed by atoms with van der Waals surface area (Å²) in [7, 11) is 0. The van der Waals surface area contributed by atoms with Crippen LogP contribution in [0.2, 0.25) is 0 Å². The molecule has 0 aromatic heterocycles. The number of aliphatic hydroxyl groups excluding tert-OH is 2. The molecule has 0 spiro atoms. The van der Waals surface area contributed by atoms with Gasteiger partial charge in [-0.1, -0.05) is 30.3 Å². The van der Waals surface area contributed by atoms with Crippen LogP contribution in [-0.2, 0) is 16.1 Å². The van der Waals surface area contributed by atoms with Crippen LogP contribution in [0.1, 0.15) is 12.0 Å². The minimum atomic E-state index is -0.821. The van der Waals surface area contributed by atoms with Crippen molar-refractivity contribution in [2.24, 2.45) is 0 Å². The normalized spacial score (nSPS) is 29.5. The van der Waals surface area contributed by atoms with Gasteiger partial charge in [-0.3, -0.25) is 0 Å². The van der Waals surface area contributed by atoms with Gasteiger partial charge in [0.15, 0.2) is 6.29 Å². The van der Waals surface area contributed by atoms with Crippen molar-refractivity contribution in [2.45, 2.75) is 31.5 Å². The first kappa shape index (κ1) is 11.5. The Morgan fingerprint density at radius 2 is 2.06 bits per heavy atom. The second-order valence-corrected chi connectivity index (χ2v) is 3.88. The molecule has 1 aromatic rings. The molecule has 0 amide bonds. The molecule has 88 valence electrons. The van der Waals surface area contributed by atoms with E-state index in [1.54, 1.807) is 0 Å². The molecule has 1 aromatic carbocycles. The van der Waals surface area contributed by atoms with E-state index < -0.39 is 12.4 Å². The summed E-state index contributed by atoms with van der Waals surface area (Å²) in [5.74, 6) is 0. The zero-order valence-electron chi connectivity index (χ0n) is 8.95. The van der Waals surface area contributed by atoms with Crippen molar-refractivity contribution < 1.29 is 19.7 Å². The number of aliphatic hydroxyl groups is 2. The van der Waals surface area contributed by atoms with E-state index in [1.165, 1.54) is 0 Å². The molecule has 0 bridgehead atoms. The van der Waals surface area contributed by atoms with E-state index in [0.29, 0.717) is 13.0 Å². The van der Waals surface area contributed by atoms with E-state index in [2.05, 4.69) is 0 Å². The van der Waals surface area contributed by atoms with Gasteiger partial charge in [0.2, 0.25) is 0 Å². The van der Waals surface area contributed by atoms with Crippen LogP contribution < -0.4 is 0 Å². The van der Waals surface area contributed by atoms with Gasteiger partial charge in [-0.05, 0) is 5.56 Å². The summed E-state index contributed by atoms with van der Waals surface area (Å²) in [5, 5.41) is 18.3. The minimum absolute atomic E-state index is 0.128. The lowest BCUT2D eigenvalue weighted by atomic mass is 10.2. The lowest BCUT2D eigenvalue weighted by molar-refractivity contribution is -0.112. The lowest BCUT2D eigenvalue weighted by Gasteiger charge is -2.16. The fourth-order valence-corrected chi connectivity index (χ4v) is 1.81. The van der Waals surface area contributed by atoms with Crippen LogP contribution in [0.4, 0.5) is 0 Å². The van der Waals surface area contributed by atoms with Gasteiger partial charge in [0.25, 0.3) is 0 Å². The third-order valence-corrected chi connectivity index (χ3v) is 2.67. The van der Waals surface area contributed by atoms with Gasteiger partial charge in [0, 0.05) is 6.42 Å². The molecule has 2 N–H and O–H groups in total. The smallest absolute Gasteiger partial charge is 0.157 e. The van der Waals surface area contributed by atoms with Crippen molar-refractivity contribution in [3.63, 3.8) is 0 Å². The Kier molecular flexibility index (Phi) is 3.90. The molecule has 4 heteroatoms. The fourth-order valence-electron chi connectivity index (χ4n) is 1.81. The Balaban J connectivity index is 1.86.